The predicted molar refractivity (Wildman–Crippen MR) is 91.7 cm³/mol. The minimum absolute atomic E-state index is 0.509. The summed E-state index contributed by atoms with van der Waals surface area (Å²) in [6, 6.07) is 3.65. The van der Waals surface area contributed by atoms with Crippen LogP contribution < -0.4 is 14.9 Å². The van der Waals surface area contributed by atoms with Crippen LogP contribution in [0.4, 0.5) is 5.13 Å². The highest BCUT2D eigenvalue weighted by Gasteiger charge is 2.11. The molecule has 0 saturated heterocycles. The molecule has 0 bridgehead atoms. The van der Waals surface area contributed by atoms with Crippen LogP contribution in [0.15, 0.2) is 28.8 Å². The van der Waals surface area contributed by atoms with Crippen LogP contribution in [0.1, 0.15) is 25.8 Å². The molecule has 2 rings (SSSR count). The molecule has 1 aromatic heterocycles. The van der Waals surface area contributed by atoms with Gasteiger partial charge in [0.25, 0.3) is 0 Å². The number of halogens is 1. The Hall–Kier alpha value is -1.79. The molecule has 0 aliphatic carbocycles. The summed E-state index contributed by atoms with van der Waals surface area (Å²) in [6.07, 6.45) is 4.29. The predicted octanol–water partition coefficient (Wildman–Crippen LogP) is 4.43. The second-order valence-electron chi connectivity index (χ2n) is 4.32. The van der Waals surface area contributed by atoms with E-state index < -0.39 is 0 Å². The Morgan fingerprint density at radius 1 is 1.36 bits per heavy atom. The fourth-order valence-electron chi connectivity index (χ4n) is 1.71. The lowest BCUT2D eigenvalue weighted by Gasteiger charge is -2.13. The van der Waals surface area contributed by atoms with Crippen LogP contribution in [0, 0.1) is 0 Å². The molecule has 0 spiro atoms. The summed E-state index contributed by atoms with van der Waals surface area (Å²) in [7, 11) is 0. The molecule has 0 atom stereocenters. The number of hydrogen-bond acceptors (Lipinski definition) is 6. The number of rotatable bonds is 8. The van der Waals surface area contributed by atoms with Gasteiger partial charge in [0.15, 0.2) is 11.5 Å². The summed E-state index contributed by atoms with van der Waals surface area (Å²) in [5.41, 5.74) is 3.68. The number of thiazole rings is 1. The summed E-state index contributed by atoms with van der Waals surface area (Å²) in [6.45, 7) is 5.09. The Labute approximate surface area is 138 Å². The van der Waals surface area contributed by atoms with Crippen molar-refractivity contribution in [1.82, 2.24) is 4.98 Å². The monoisotopic (exact) mass is 339 g/mol. The average Bonchev–Trinajstić information content (AvgIpc) is 3.00. The quantitative estimate of drug-likeness (QED) is 0.571. The van der Waals surface area contributed by atoms with E-state index >= 15 is 0 Å². The first kappa shape index (κ1) is 16.6. The van der Waals surface area contributed by atoms with Crippen LogP contribution in [0.3, 0.4) is 0 Å². The van der Waals surface area contributed by atoms with Gasteiger partial charge in [-0.05, 0) is 31.0 Å². The van der Waals surface area contributed by atoms with E-state index in [2.05, 4.69) is 15.5 Å². The van der Waals surface area contributed by atoms with Crippen LogP contribution in [0.25, 0.3) is 0 Å². The standard InChI is InChI=1S/C15H18ClN3O2S/c1-3-6-21-14-12(16)8-11(9-13(14)20-4-2)10-18-19-15-17-5-7-22-15/h5,7-10H,3-4,6H2,1-2H3,(H,17,19)/b18-10-. The maximum Gasteiger partial charge on any atom is 0.203 e. The van der Waals surface area contributed by atoms with Crippen LogP contribution in [0.2, 0.25) is 5.02 Å². The molecule has 1 aromatic carbocycles. The molecule has 1 N–H and O–H groups in total. The minimum Gasteiger partial charge on any atom is -0.490 e. The van der Waals surface area contributed by atoms with E-state index in [-0.39, 0.29) is 0 Å². The largest absolute Gasteiger partial charge is 0.490 e. The van der Waals surface area contributed by atoms with Crippen molar-refractivity contribution in [2.24, 2.45) is 5.10 Å². The Morgan fingerprint density at radius 2 is 2.23 bits per heavy atom. The number of benzene rings is 1. The van der Waals surface area contributed by atoms with E-state index in [0.717, 1.165) is 17.1 Å². The van der Waals surface area contributed by atoms with Gasteiger partial charge in [-0.3, -0.25) is 5.43 Å². The summed E-state index contributed by atoms with van der Waals surface area (Å²) < 4.78 is 11.3. The third-order valence-electron chi connectivity index (χ3n) is 2.59. The Bertz CT molecular complexity index is 618. The fourth-order valence-corrected chi connectivity index (χ4v) is 2.46. The van der Waals surface area contributed by atoms with Gasteiger partial charge in [0, 0.05) is 11.6 Å². The molecule has 0 aliphatic heterocycles. The van der Waals surface area contributed by atoms with Crippen LogP contribution in [-0.4, -0.2) is 24.4 Å². The summed E-state index contributed by atoms with van der Waals surface area (Å²) in [4.78, 5) is 4.08. The van der Waals surface area contributed by atoms with E-state index in [4.69, 9.17) is 21.1 Å². The van der Waals surface area contributed by atoms with Gasteiger partial charge in [0.05, 0.1) is 24.5 Å². The summed E-state index contributed by atoms with van der Waals surface area (Å²) >= 11 is 7.76. The Morgan fingerprint density at radius 3 is 2.91 bits per heavy atom. The second-order valence-corrected chi connectivity index (χ2v) is 5.62. The van der Waals surface area contributed by atoms with E-state index in [9.17, 15) is 0 Å². The van der Waals surface area contributed by atoms with Gasteiger partial charge in [-0.1, -0.05) is 18.5 Å². The molecule has 22 heavy (non-hydrogen) atoms. The number of anilines is 1. The topological polar surface area (TPSA) is 55.7 Å². The molecular formula is C15H18ClN3O2S. The highest BCUT2D eigenvalue weighted by Crippen LogP contribution is 2.36. The van der Waals surface area contributed by atoms with Gasteiger partial charge >= 0.3 is 0 Å². The molecule has 0 fully saturated rings. The van der Waals surface area contributed by atoms with Gasteiger partial charge in [-0.2, -0.15) is 5.10 Å². The number of nitrogens with zero attached hydrogens (tertiary/aromatic N) is 2. The normalized spacial score (nSPS) is 10.9. The van der Waals surface area contributed by atoms with Gasteiger partial charge in [-0.25, -0.2) is 4.98 Å². The lowest BCUT2D eigenvalue weighted by atomic mass is 10.2. The Kier molecular flexibility index (Phi) is 6.48. The van der Waals surface area contributed by atoms with Gasteiger partial charge < -0.3 is 9.47 Å². The molecule has 0 aliphatic rings. The molecular weight excluding hydrogens is 322 g/mol. The van der Waals surface area contributed by atoms with Crippen molar-refractivity contribution >= 4 is 34.3 Å². The molecule has 0 saturated carbocycles. The number of nitrogens with one attached hydrogen (secondary N) is 1. The lowest BCUT2D eigenvalue weighted by molar-refractivity contribution is 0.277. The molecule has 1 heterocycles. The highest BCUT2D eigenvalue weighted by atomic mass is 35.5. The molecule has 7 heteroatoms. The van der Waals surface area contributed by atoms with Gasteiger partial charge in [0.2, 0.25) is 5.13 Å². The summed E-state index contributed by atoms with van der Waals surface area (Å²) in [5, 5.41) is 7.25. The van der Waals surface area contributed by atoms with Crippen molar-refractivity contribution in [3.63, 3.8) is 0 Å². The first-order chi connectivity index (χ1) is 10.7. The van der Waals surface area contributed by atoms with Crippen LogP contribution >= 0.6 is 22.9 Å². The van der Waals surface area contributed by atoms with Crippen molar-refractivity contribution in [1.29, 1.82) is 0 Å². The SMILES string of the molecule is CCCOc1c(Cl)cc(/C=N\Nc2nccs2)cc1OCC. The van der Waals surface area contributed by atoms with Gasteiger partial charge in [-0.15, -0.1) is 11.3 Å². The zero-order chi connectivity index (χ0) is 15.8. The van der Waals surface area contributed by atoms with Crippen molar-refractivity contribution in [2.75, 3.05) is 18.6 Å². The van der Waals surface area contributed by atoms with Crippen molar-refractivity contribution in [2.45, 2.75) is 20.3 Å². The number of hydrogen-bond donors (Lipinski definition) is 1. The molecule has 0 amide bonds. The Balaban J connectivity index is 2.15. The third-order valence-corrected chi connectivity index (χ3v) is 3.55. The maximum atomic E-state index is 6.29. The zero-order valence-electron chi connectivity index (χ0n) is 12.5. The molecule has 0 radical (unpaired) electrons. The first-order valence-corrected chi connectivity index (χ1v) is 8.28. The van der Waals surface area contributed by atoms with E-state index in [1.54, 1.807) is 18.5 Å². The maximum absolute atomic E-state index is 6.29. The van der Waals surface area contributed by atoms with E-state index in [1.165, 1.54) is 11.3 Å². The average molecular weight is 340 g/mol. The smallest absolute Gasteiger partial charge is 0.203 e. The zero-order valence-corrected chi connectivity index (χ0v) is 14.1. The van der Waals surface area contributed by atoms with Crippen molar-refractivity contribution in [3.05, 3.63) is 34.3 Å². The number of ether oxygens (including phenoxy) is 2. The summed E-state index contributed by atoms with van der Waals surface area (Å²) in [5.74, 6) is 1.20. The molecule has 118 valence electrons. The van der Waals surface area contributed by atoms with Crippen LogP contribution in [0.5, 0.6) is 11.5 Å². The number of hydrazone groups is 1. The number of aromatic nitrogens is 1. The molecule has 2 aromatic rings. The fraction of sp³-hybridized carbons (Fsp3) is 0.333. The molecule has 0 unspecified atom stereocenters. The first-order valence-electron chi connectivity index (χ1n) is 7.02. The van der Waals surface area contributed by atoms with Crippen molar-refractivity contribution < 1.29 is 9.47 Å². The van der Waals surface area contributed by atoms with Crippen LogP contribution in [-0.2, 0) is 0 Å². The molecule has 5 nitrogen and oxygen atoms in total. The van der Waals surface area contributed by atoms with E-state index in [0.29, 0.717) is 29.7 Å². The second kappa shape index (κ2) is 8.60. The lowest BCUT2D eigenvalue weighted by Crippen LogP contribution is -2.02. The highest BCUT2D eigenvalue weighted by molar-refractivity contribution is 7.13. The van der Waals surface area contributed by atoms with E-state index in [1.807, 2.05) is 25.3 Å². The van der Waals surface area contributed by atoms with Gasteiger partial charge in [0.1, 0.15) is 0 Å². The van der Waals surface area contributed by atoms with Crippen molar-refractivity contribution in [3.8, 4) is 11.5 Å². The minimum atomic E-state index is 0.509. The third kappa shape index (κ3) is 4.61.